The van der Waals surface area contributed by atoms with Crippen LogP contribution in [0, 0.1) is 20.2 Å². The number of nitrogens with zero attached hydrogens (tertiary/aromatic N) is 2. The van der Waals surface area contributed by atoms with E-state index in [1.807, 2.05) is 0 Å². The molecule has 0 bridgehead atoms. The molecule has 0 aromatic heterocycles. The SMILES string of the molecule is O=[N+]([O-])c1ccc([Se]SS[Se]c2ccc([N+](=O)[O-])cc2)cc1. The molecule has 0 aliphatic heterocycles. The summed E-state index contributed by atoms with van der Waals surface area (Å²) < 4.78 is 2.19. The fourth-order valence-corrected chi connectivity index (χ4v) is 13.9. The van der Waals surface area contributed by atoms with Crippen molar-refractivity contribution >= 4 is 66.4 Å². The van der Waals surface area contributed by atoms with Gasteiger partial charge in [-0.3, -0.25) is 0 Å². The Hall–Kier alpha value is -1.02. The van der Waals surface area contributed by atoms with Crippen LogP contribution in [0.2, 0.25) is 0 Å². The van der Waals surface area contributed by atoms with E-state index in [0.717, 1.165) is 8.92 Å². The molecular weight excluding hydrogens is 458 g/mol. The Labute approximate surface area is 144 Å². The molecule has 22 heavy (non-hydrogen) atoms. The zero-order chi connectivity index (χ0) is 15.9. The number of benzene rings is 2. The molecule has 2 aromatic rings. The van der Waals surface area contributed by atoms with Crippen LogP contribution in [0.4, 0.5) is 11.4 Å². The normalized spacial score (nSPS) is 10.4. The van der Waals surface area contributed by atoms with Gasteiger partial charge >= 0.3 is 145 Å². The first-order valence-corrected chi connectivity index (χ1v) is 13.6. The fraction of sp³-hybridized carbons (Fsp3) is 0. The first kappa shape index (κ1) is 17.3. The van der Waals surface area contributed by atoms with Crippen LogP contribution in [0.3, 0.4) is 0 Å². The van der Waals surface area contributed by atoms with Crippen LogP contribution in [0.15, 0.2) is 48.5 Å². The second-order valence-corrected chi connectivity index (χ2v) is 14.4. The van der Waals surface area contributed by atoms with Gasteiger partial charge in [0.1, 0.15) is 0 Å². The van der Waals surface area contributed by atoms with Gasteiger partial charge < -0.3 is 0 Å². The van der Waals surface area contributed by atoms with Crippen LogP contribution < -0.4 is 8.92 Å². The van der Waals surface area contributed by atoms with Crippen LogP contribution in [-0.4, -0.2) is 37.5 Å². The van der Waals surface area contributed by atoms with Gasteiger partial charge in [-0.25, -0.2) is 0 Å². The molecule has 2 aromatic carbocycles. The van der Waals surface area contributed by atoms with Gasteiger partial charge in [0.25, 0.3) is 0 Å². The number of rotatable bonds is 7. The monoisotopic (exact) mass is 468 g/mol. The van der Waals surface area contributed by atoms with Crippen molar-refractivity contribution in [2.45, 2.75) is 0 Å². The van der Waals surface area contributed by atoms with Crippen molar-refractivity contribution in [3.8, 4) is 0 Å². The Morgan fingerprint density at radius 1 is 0.682 bits per heavy atom. The van der Waals surface area contributed by atoms with Gasteiger partial charge in [0.05, 0.1) is 0 Å². The minimum atomic E-state index is -0.406. The summed E-state index contributed by atoms with van der Waals surface area (Å²) in [6.45, 7) is 0. The van der Waals surface area contributed by atoms with Crippen molar-refractivity contribution in [3.63, 3.8) is 0 Å². The molecule has 0 amide bonds. The maximum atomic E-state index is 10.6. The van der Waals surface area contributed by atoms with Crippen molar-refractivity contribution in [2.24, 2.45) is 0 Å². The molecule has 0 aliphatic rings. The molecule has 0 spiro atoms. The van der Waals surface area contributed by atoms with Gasteiger partial charge in [-0.2, -0.15) is 0 Å². The molecule has 0 aliphatic carbocycles. The molecule has 0 unspecified atom stereocenters. The third-order valence-electron chi connectivity index (χ3n) is 2.38. The Kier molecular flexibility index (Phi) is 6.75. The van der Waals surface area contributed by atoms with Crippen molar-refractivity contribution in [2.75, 3.05) is 0 Å². The second kappa shape index (κ2) is 8.57. The molecule has 0 N–H and O–H groups in total. The summed E-state index contributed by atoms with van der Waals surface area (Å²) in [7, 11) is 3.46. The summed E-state index contributed by atoms with van der Waals surface area (Å²) in [6, 6.07) is 13.2. The van der Waals surface area contributed by atoms with E-state index in [1.165, 1.54) is 24.3 Å². The number of nitro benzene ring substituents is 2. The molecule has 10 heteroatoms. The fourth-order valence-electron chi connectivity index (χ4n) is 1.35. The first-order valence-electron chi connectivity index (χ1n) is 5.73. The molecule has 0 saturated heterocycles. The molecule has 0 atom stereocenters. The van der Waals surface area contributed by atoms with E-state index in [2.05, 4.69) is 0 Å². The van der Waals surface area contributed by atoms with Crippen molar-refractivity contribution < 1.29 is 9.85 Å². The number of hydrogen-bond donors (Lipinski definition) is 0. The molecule has 0 fully saturated rings. The average Bonchev–Trinajstić information content (AvgIpc) is 2.52. The predicted octanol–water partition coefficient (Wildman–Crippen LogP) is 2.07. The molecule has 0 radical (unpaired) electrons. The third kappa shape index (κ3) is 5.31. The summed E-state index contributed by atoms with van der Waals surface area (Å²) in [6.07, 6.45) is 0. The summed E-state index contributed by atoms with van der Waals surface area (Å²) in [5.41, 5.74) is 0.208. The maximum absolute atomic E-state index is 10.6. The number of nitro groups is 2. The summed E-state index contributed by atoms with van der Waals surface area (Å²) in [5, 5.41) is 21.1. The van der Waals surface area contributed by atoms with Crippen LogP contribution in [0.25, 0.3) is 0 Å². The minimum absolute atomic E-state index is 0.104. The number of hydrogen-bond acceptors (Lipinski definition) is 6. The molecule has 0 saturated carbocycles. The van der Waals surface area contributed by atoms with E-state index in [0.29, 0.717) is 0 Å². The average molecular weight is 466 g/mol. The second-order valence-electron chi connectivity index (χ2n) is 3.80. The first-order chi connectivity index (χ1) is 10.6. The Bertz CT molecular complexity index is 608. The van der Waals surface area contributed by atoms with Crippen molar-refractivity contribution in [1.29, 1.82) is 0 Å². The third-order valence-corrected chi connectivity index (χ3v) is 16.2. The van der Waals surface area contributed by atoms with E-state index in [-0.39, 0.29) is 39.0 Å². The van der Waals surface area contributed by atoms with E-state index in [9.17, 15) is 20.2 Å². The van der Waals surface area contributed by atoms with Gasteiger partial charge in [-0.15, -0.1) is 0 Å². The molecule has 2 rings (SSSR count). The Morgan fingerprint density at radius 3 is 1.27 bits per heavy atom. The zero-order valence-corrected chi connectivity index (χ0v) is 15.8. The van der Waals surface area contributed by atoms with Crippen LogP contribution >= 0.6 is 18.4 Å². The zero-order valence-electron chi connectivity index (χ0n) is 10.8. The summed E-state index contributed by atoms with van der Waals surface area (Å²) in [5.74, 6) is 0. The van der Waals surface area contributed by atoms with Crippen LogP contribution in [0.1, 0.15) is 0 Å². The number of non-ortho nitro benzene ring substituents is 2. The van der Waals surface area contributed by atoms with Crippen LogP contribution in [-0.2, 0) is 0 Å². The Morgan fingerprint density at radius 2 is 1.00 bits per heavy atom. The molecular formula is C12H8N2O4S2Se2. The molecule has 114 valence electrons. The Balaban J connectivity index is 1.77. The standard InChI is InChI=1S/C12H8N2O4S2Se2/c15-13(16)9-1-5-11(6-2-9)21-19-20-22-12-7-3-10(4-8-12)14(17)18/h1-8H. The summed E-state index contributed by atoms with van der Waals surface area (Å²) in [4.78, 5) is 20.3. The van der Waals surface area contributed by atoms with Gasteiger partial charge in [0, 0.05) is 0 Å². The van der Waals surface area contributed by atoms with Gasteiger partial charge in [0.2, 0.25) is 0 Å². The van der Waals surface area contributed by atoms with Crippen LogP contribution in [0.5, 0.6) is 0 Å². The van der Waals surface area contributed by atoms with E-state index in [1.54, 1.807) is 42.7 Å². The van der Waals surface area contributed by atoms with E-state index in [4.69, 9.17) is 0 Å². The quantitative estimate of drug-likeness (QED) is 0.204. The summed E-state index contributed by atoms with van der Waals surface area (Å²) >= 11 is 0.366. The van der Waals surface area contributed by atoms with Gasteiger partial charge in [0.15, 0.2) is 0 Å². The van der Waals surface area contributed by atoms with Crippen molar-refractivity contribution in [1.82, 2.24) is 0 Å². The molecule has 0 heterocycles. The van der Waals surface area contributed by atoms with Gasteiger partial charge in [-0.05, 0) is 0 Å². The predicted molar refractivity (Wildman–Crippen MR) is 92.2 cm³/mol. The van der Waals surface area contributed by atoms with Crippen molar-refractivity contribution in [3.05, 3.63) is 68.8 Å². The van der Waals surface area contributed by atoms with E-state index >= 15 is 0 Å². The van der Waals surface area contributed by atoms with Gasteiger partial charge in [-0.1, -0.05) is 0 Å². The van der Waals surface area contributed by atoms with E-state index < -0.39 is 9.85 Å². The topological polar surface area (TPSA) is 86.3 Å². The molecule has 6 nitrogen and oxygen atoms in total.